The van der Waals surface area contributed by atoms with Crippen LogP contribution in [-0.2, 0) is 0 Å². The van der Waals surface area contributed by atoms with E-state index in [1.807, 2.05) is 18.2 Å². The third-order valence-corrected chi connectivity index (χ3v) is 10.8. The Hall–Kier alpha value is -5.86. The van der Waals surface area contributed by atoms with E-state index in [0.29, 0.717) is 0 Å². The summed E-state index contributed by atoms with van der Waals surface area (Å²) in [5, 5.41) is 2.30. The molecule has 0 saturated carbocycles. The maximum Gasteiger partial charge on any atom is 0.135 e. The topological polar surface area (TPSA) is 16.4 Å². The largest absolute Gasteiger partial charge is 0.456 e. The number of benzene rings is 5. The van der Waals surface area contributed by atoms with Crippen molar-refractivity contribution in [3.8, 4) is 11.1 Å². The summed E-state index contributed by atoms with van der Waals surface area (Å²) in [6.45, 7) is 9.44. The number of furan rings is 1. The molecule has 1 aromatic heterocycles. The molecular weight excluding hydrogens is 631 g/mol. The van der Waals surface area contributed by atoms with Gasteiger partial charge in [0.25, 0.3) is 0 Å². The molecule has 0 radical (unpaired) electrons. The summed E-state index contributed by atoms with van der Waals surface area (Å²) >= 11 is 0. The predicted octanol–water partition coefficient (Wildman–Crippen LogP) is 13.9. The zero-order chi connectivity index (χ0) is 35.4. The Bertz CT molecular complexity index is 2430. The van der Waals surface area contributed by atoms with Gasteiger partial charge >= 0.3 is 0 Å². The van der Waals surface area contributed by atoms with E-state index in [0.717, 1.165) is 60.6 Å². The summed E-state index contributed by atoms with van der Waals surface area (Å²) in [6, 6.07) is 41.7. The highest BCUT2D eigenvalue weighted by Crippen LogP contribution is 2.37. The van der Waals surface area contributed by atoms with E-state index in [1.165, 1.54) is 67.1 Å². The van der Waals surface area contributed by atoms with Crippen molar-refractivity contribution in [3.05, 3.63) is 192 Å². The molecule has 2 aliphatic rings. The number of anilines is 1. The van der Waals surface area contributed by atoms with Crippen LogP contribution in [-0.4, -0.2) is 6.54 Å². The van der Waals surface area contributed by atoms with Gasteiger partial charge in [-0.1, -0.05) is 121 Å². The molecule has 0 N–H and O–H groups in total. The Morgan fingerprint density at radius 2 is 1.52 bits per heavy atom. The lowest BCUT2D eigenvalue weighted by molar-refractivity contribution is 0.669. The number of fused-ring (bicyclic) bond motifs is 3. The van der Waals surface area contributed by atoms with E-state index in [1.54, 1.807) is 0 Å². The molecule has 0 unspecified atom stereocenters. The number of allylic oxidation sites excluding steroid dienone is 10. The second-order valence-corrected chi connectivity index (χ2v) is 14.1. The van der Waals surface area contributed by atoms with E-state index in [2.05, 4.69) is 159 Å². The fourth-order valence-corrected chi connectivity index (χ4v) is 7.83. The third kappa shape index (κ3) is 6.77. The highest BCUT2D eigenvalue weighted by molar-refractivity contribution is 6.05. The normalized spacial score (nSPS) is 14.8. The van der Waals surface area contributed by atoms with Crippen LogP contribution < -0.4 is 4.90 Å². The molecule has 256 valence electrons. The number of hydrogen-bond acceptors (Lipinski definition) is 2. The maximum atomic E-state index is 6.15. The Labute approximate surface area is 308 Å². The lowest BCUT2D eigenvalue weighted by Gasteiger charge is -2.30. The monoisotopic (exact) mass is 675 g/mol. The Morgan fingerprint density at radius 3 is 2.31 bits per heavy atom. The average molecular weight is 676 g/mol. The first-order chi connectivity index (χ1) is 25.6. The van der Waals surface area contributed by atoms with Crippen LogP contribution in [0.1, 0.15) is 61.3 Å². The smallest absolute Gasteiger partial charge is 0.135 e. The van der Waals surface area contributed by atoms with Crippen LogP contribution in [0.3, 0.4) is 0 Å². The number of hydrogen-bond donors (Lipinski definition) is 0. The van der Waals surface area contributed by atoms with Gasteiger partial charge < -0.3 is 9.32 Å². The Kier molecular flexibility index (Phi) is 9.46. The highest BCUT2D eigenvalue weighted by Gasteiger charge is 2.18. The minimum atomic E-state index is 0.845. The molecule has 8 rings (SSSR count). The molecule has 0 spiro atoms. The SMILES string of the molecule is C=C/C=C(\CCN(C1=CC=C(c2ccccc2)CC1)c1ccc(-c2ccc(C)c(C3=C(C)CCC=C3)c2)cc1)c1ccc2oc3ccccc3c2c1. The van der Waals surface area contributed by atoms with Crippen LogP contribution in [0, 0.1) is 6.92 Å². The van der Waals surface area contributed by atoms with Crippen LogP contribution in [0.4, 0.5) is 5.69 Å². The van der Waals surface area contributed by atoms with E-state index in [9.17, 15) is 0 Å². The van der Waals surface area contributed by atoms with Crippen LogP contribution >= 0.6 is 0 Å². The minimum Gasteiger partial charge on any atom is -0.456 e. The Morgan fingerprint density at radius 1 is 0.731 bits per heavy atom. The van der Waals surface area contributed by atoms with Crippen LogP contribution in [0.25, 0.3) is 49.8 Å². The summed E-state index contributed by atoms with van der Waals surface area (Å²) in [7, 11) is 0. The van der Waals surface area contributed by atoms with E-state index in [4.69, 9.17) is 4.42 Å². The quantitative estimate of drug-likeness (QED) is 0.134. The molecule has 1 heterocycles. The molecule has 0 saturated heterocycles. The second kappa shape index (κ2) is 14.8. The zero-order valence-electron chi connectivity index (χ0n) is 30.2. The average Bonchev–Trinajstić information content (AvgIpc) is 3.57. The molecule has 2 nitrogen and oxygen atoms in total. The van der Waals surface area contributed by atoms with Crippen molar-refractivity contribution >= 4 is 44.3 Å². The zero-order valence-corrected chi connectivity index (χ0v) is 30.2. The van der Waals surface area contributed by atoms with Crippen molar-refractivity contribution in [1.82, 2.24) is 0 Å². The predicted molar refractivity (Wildman–Crippen MR) is 223 cm³/mol. The van der Waals surface area contributed by atoms with Gasteiger partial charge in [0.1, 0.15) is 11.2 Å². The van der Waals surface area contributed by atoms with E-state index in [-0.39, 0.29) is 0 Å². The lowest BCUT2D eigenvalue weighted by Crippen LogP contribution is -2.25. The highest BCUT2D eigenvalue weighted by atomic mass is 16.3. The molecule has 0 atom stereocenters. The van der Waals surface area contributed by atoms with Crippen molar-refractivity contribution in [1.29, 1.82) is 0 Å². The molecule has 6 aromatic rings. The van der Waals surface area contributed by atoms with Gasteiger partial charge in [-0.05, 0) is 139 Å². The summed E-state index contributed by atoms with van der Waals surface area (Å²) in [4.78, 5) is 2.52. The number of rotatable bonds is 10. The first-order valence-corrected chi connectivity index (χ1v) is 18.6. The van der Waals surface area contributed by atoms with Crippen molar-refractivity contribution < 1.29 is 4.42 Å². The molecular formula is C50H45NO. The second-order valence-electron chi connectivity index (χ2n) is 14.1. The summed E-state index contributed by atoms with van der Waals surface area (Å²) in [6.07, 6.45) is 18.5. The molecule has 52 heavy (non-hydrogen) atoms. The molecule has 2 aliphatic carbocycles. The van der Waals surface area contributed by atoms with Crippen molar-refractivity contribution in [2.45, 2.75) is 46.0 Å². The molecule has 0 fully saturated rings. The number of aryl methyl sites for hydroxylation is 1. The Balaban J connectivity index is 1.12. The van der Waals surface area contributed by atoms with Crippen molar-refractivity contribution in [2.24, 2.45) is 0 Å². The fourth-order valence-electron chi connectivity index (χ4n) is 7.83. The first-order valence-electron chi connectivity index (χ1n) is 18.6. The summed E-state index contributed by atoms with van der Waals surface area (Å²) < 4.78 is 6.15. The van der Waals surface area contributed by atoms with Gasteiger partial charge in [0, 0.05) is 28.7 Å². The number of nitrogens with zero attached hydrogens (tertiary/aromatic N) is 1. The molecule has 5 aromatic carbocycles. The van der Waals surface area contributed by atoms with Gasteiger partial charge in [-0.2, -0.15) is 0 Å². The first kappa shape index (κ1) is 33.3. The van der Waals surface area contributed by atoms with E-state index < -0.39 is 0 Å². The van der Waals surface area contributed by atoms with Gasteiger partial charge in [0.05, 0.1) is 0 Å². The standard InChI is InChI=1S/C50H45NO/c1-4-12-37(42-25-30-50-48(34-42)46-17-10-11-18-49(46)52-50)31-32-51(43-26-21-39(22-27-43)38-14-6-5-7-15-38)44-28-23-40(24-29-44)41-20-19-36(3)47(33-41)45-16-9-8-13-35(45)2/h4-7,9-12,14-21,23-26,28-30,33-34H,1,8,13,22,27,31-32H2,2-3H3/b37-12+. The van der Waals surface area contributed by atoms with Gasteiger partial charge in [0.2, 0.25) is 0 Å². The van der Waals surface area contributed by atoms with E-state index >= 15 is 0 Å². The van der Waals surface area contributed by atoms with Crippen LogP contribution in [0.2, 0.25) is 0 Å². The number of para-hydroxylation sites is 1. The van der Waals surface area contributed by atoms with Crippen LogP contribution in [0.5, 0.6) is 0 Å². The lowest BCUT2D eigenvalue weighted by atomic mass is 9.89. The van der Waals surface area contributed by atoms with Gasteiger partial charge in [-0.15, -0.1) is 0 Å². The van der Waals surface area contributed by atoms with Gasteiger partial charge in [0.15, 0.2) is 0 Å². The third-order valence-electron chi connectivity index (χ3n) is 10.8. The fraction of sp³-hybridized carbons (Fsp3) is 0.160. The van der Waals surface area contributed by atoms with Crippen molar-refractivity contribution in [3.63, 3.8) is 0 Å². The molecule has 0 amide bonds. The van der Waals surface area contributed by atoms with Gasteiger partial charge in [-0.3, -0.25) is 0 Å². The van der Waals surface area contributed by atoms with Crippen molar-refractivity contribution in [2.75, 3.05) is 11.4 Å². The summed E-state index contributed by atoms with van der Waals surface area (Å²) in [5.74, 6) is 0. The molecule has 0 bridgehead atoms. The minimum absolute atomic E-state index is 0.845. The van der Waals surface area contributed by atoms with Crippen LogP contribution in [0.15, 0.2) is 174 Å². The maximum absolute atomic E-state index is 6.15. The summed E-state index contributed by atoms with van der Waals surface area (Å²) in [5.41, 5.74) is 17.5. The van der Waals surface area contributed by atoms with Gasteiger partial charge in [-0.25, -0.2) is 0 Å². The molecule has 2 heteroatoms. The molecule has 0 aliphatic heterocycles.